The molecule has 1 saturated heterocycles. The molecule has 0 saturated carbocycles. The summed E-state index contributed by atoms with van der Waals surface area (Å²) in [5, 5.41) is 3.19. The molecule has 0 aliphatic carbocycles. The number of nitrogens with one attached hydrogen (secondary N) is 1. The van der Waals surface area contributed by atoms with E-state index in [0.717, 1.165) is 44.0 Å². The SMILES string of the molecule is Cc1ccc(N)cc1C(=O)NC(CN1CCOCC1)c1ccccc1. The van der Waals surface area contributed by atoms with Crippen LogP contribution >= 0.6 is 0 Å². The van der Waals surface area contributed by atoms with Crippen LogP contribution in [0.3, 0.4) is 0 Å². The van der Waals surface area contributed by atoms with Gasteiger partial charge in [-0.05, 0) is 30.2 Å². The van der Waals surface area contributed by atoms with Crippen molar-refractivity contribution in [2.24, 2.45) is 0 Å². The number of hydrogen-bond donors (Lipinski definition) is 2. The third-order valence-electron chi connectivity index (χ3n) is 4.56. The first-order valence-electron chi connectivity index (χ1n) is 8.65. The Labute approximate surface area is 148 Å². The van der Waals surface area contributed by atoms with E-state index in [-0.39, 0.29) is 11.9 Å². The minimum atomic E-state index is -0.0908. The average molecular weight is 339 g/mol. The Kier molecular flexibility index (Phi) is 5.68. The first-order chi connectivity index (χ1) is 12.1. The molecule has 0 spiro atoms. The highest BCUT2D eigenvalue weighted by Crippen LogP contribution is 2.18. The maximum atomic E-state index is 12.8. The first-order valence-corrected chi connectivity index (χ1v) is 8.65. The Hall–Kier alpha value is -2.37. The largest absolute Gasteiger partial charge is 0.399 e. The minimum Gasteiger partial charge on any atom is -0.399 e. The molecule has 2 aromatic carbocycles. The van der Waals surface area contributed by atoms with Crippen LogP contribution in [0, 0.1) is 6.92 Å². The van der Waals surface area contributed by atoms with E-state index in [1.807, 2.05) is 37.3 Å². The van der Waals surface area contributed by atoms with Crippen LogP contribution in [0.5, 0.6) is 0 Å². The van der Waals surface area contributed by atoms with Crippen molar-refractivity contribution in [1.82, 2.24) is 10.2 Å². The van der Waals surface area contributed by atoms with E-state index in [1.54, 1.807) is 6.07 Å². The molecule has 3 rings (SSSR count). The number of nitrogens with zero attached hydrogens (tertiary/aromatic N) is 1. The fourth-order valence-corrected chi connectivity index (χ4v) is 3.08. The maximum Gasteiger partial charge on any atom is 0.252 e. The molecule has 1 aliphatic heterocycles. The van der Waals surface area contributed by atoms with Gasteiger partial charge in [0.25, 0.3) is 5.91 Å². The predicted octanol–water partition coefficient (Wildman–Crippen LogP) is 2.38. The molecule has 1 heterocycles. The molecular formula is C20H25N3O2. The molecule has 1 atom stereocenters. The van der Waals surface area contributed by atoms with Gasteiger partial charge >= 0.3 is 0 Å². The van der Waals surface area contributed by atoms with Crippen molar-refractivity contribution in [2.45, 2.75) is 13.0 Å². The Morgan fingerprint density at radius 1 is 1.20 bits per heavy atom. The molecule has 0 radical (unpaired) electrons. The van der Waals surface area contributed by atoms with Crippen molar-refractivity contribution >= 4 is 11.6 Å². The van der Waals surface area contributed by atoms with E-state index in [2.05, 4.69) is 22.3 Å². The van der Waals surface area contributed by atoms with E-state index >= 15 is 0 Å². The summed E-state index contributed by atoms with van der Waals surface area (Å²) in [4.78, 5) is 15.2. The van der Waals surface area contributed by atoms with Gasteiger partial charge in [-0.15, -0.1) is 0 Å². The number of benzene rings is 2. The molecule has 5 heteroatoms. The summed E-state index contributed by atoms with van der Waals surface area (Å²) in [5.41, 5.74) is 9.10. The lowest BCUT2D eigenvalue weighted by molar-refractivity contribution is 0.0332. The smallest absolute Gasteiger partial charge is 0.252 e. The molecule has 2 aromatic rings. The van der Waals surface area contributed by atoms with Crippen molar-refractivity contribution in [3.8, 4) is 0 Å². The van der Waals surface area contributed by atoms with E-state index in [1.165, 1.54) is 0 Å². The summed E-state index contributed by atoms with van der Waals surface area (Å²) in [6.07, 6.45) is 0. The summed E-state index contributed by atoms with van der Waals surface area (Å²) in [6.45, 7) is 5.94. The highest BCUT2D eigenvalue weighted by molar-refractivity contribution is 5.96. The summed E-state index contributed by atoms with van der Waals surface area (Å²) >= 11 is 0. The van der Waals surface area contributed by atoms with Gasteiger partial charge in [0.15, 0.2) is 0 Å². The number of nitrogens with two attached hydrogens (primary N) is 1. The molecule has 5 nitrogen and oxygen atoms in total. The van der Waals surface area contributed by atoms with Crippen LogP contribution in [0.2, 0.25) is 0 Å². The van der Waals surface area contributed by atoms with Crippen LogP contribution in [-0.2, 0) is 4.74 Å². The topological polar surface area (TPSA) is 67.6 Å². The molecular weight excluding hydrogens is 314 g/mol. The number of carbonyl (C=O) groups excluding carboxylic acids is 1. The van der Waals surface area contributed by atoms with E-state index in [9.17, 15) is 4.79 Å². The Bertz CT molecular complexity index is 712. The Balaban J connectivity index is 1.79. The fraction of sp³-hybridized carbons (Fsp3) is 0.350. The summed E-state index contributed by atoms with van der Waals surface area (Å²) < 4.78 is 5.42. The molecule has 1 fully saturated rings. The lowest BCUT2D eigenvalue weighted by Gasteiger charge is -2.31. The third kappa shape index (κ3) is 4.59. The zero-order chi connectivity index (χ0) is 17.6. The highest BCUT2D eigenvalue weighted by atomic mass is 16.5. The molecule has 1 amide bonds. The number of carbonyl (C=O) groups is 1. The number of amides is 1. The minimum absolute atomic E-state index is 0.0763. The van der Waals surface area contributed by atoms with Crippen molar-refractivity contribution < 1.29 is 9.53 Å². The standard InChI is InChI=1S/C20H25N3O2/c1-15-7-8-17(21)13-18(15)20(24)22-19(16-5-3-2-4-6-16)14-23-9-11-25-12-10-23/h2-8,13,19H,9-12,14,21H2,1H3,(H,22,24). The molecule has 25 heavy (non-hydrogen) atoms. The molecule has 0 aromatic heterocycles. The monoisotopic (exact) mass is 339 g/mol. The van der Waals surface area contributed by atoms with Gasteiger partial charge in [0.05, 0.1) is 19.3 Å². The number of hydrogen-bond acceptors (Lipinski definition) is 4. The highest BCUT2D eigenvalue weighted by Gasteiger charge is 2.21. The van der Waals surface area contributed by atoms with Crippen LogP contribution in [0.15, 0.2) is 48.5 Å². The molecule has 0 bridgehead atoms. The zero-order valence-corrected chi connectivity index (χ0v) is 14.6. The van der Waals surface area contributed by atoms with Crippen molar-refractivity contribution in [3.63, 3.8) is 0 Å². The van der Waals surface area contributed by atoms with Gasteiger partial charge in [0, 0.05) is 30.9 Å². The Morgan fingerprint density at radius 3 is 2.64 bits per heavy atom. The number of anilines is 1. The van der Waals surface area contributed by atoms with Crippen molar-refractivity contribution in [3.05, 3.63) is 65.2 Å². The zero-order valence-electron chi connectivity index (χ0n) is 14.6. The second-order valence-electron chi connectivity index (χ2n) is 6.42. The molecule has 1 aliphatic rings. The number of morpholine rings is 1. The van der Waals surface area contributed by atoms with Gasteiger partial charge in [-0.3, -0.25) is 9.69 Å². The van der Waals surface area contributed by atoms with E-state index in [0.29, 0.717) is 11.3 Å². The lowest BCUT2D eigenvalue weighted by Crippen LogP contribution is -2.43. The molecule has 3 N–H and O–H groups in total. The van der Waals surface area contributed by atoms with Crippen LogP contribution in [-0.4, -0.2) is 43.7 Å². The first kappa shape index (κ1) is 17.5. The molecule has 1 unspecified atom stereocenters. The Morgan fingerprint density at radius 2 is 1.92 bits per heavy atom. The van der Waals surface area contributed by atoms with Crippen molar-refractivity contribution in [1.29, 1.82) is 0 Å². The third-order valence-corrected chi connectivity index (χ3v) is 4.56. The predicted molar refractivity (Wildman–Crippen MR) is 99.5 cm³/mol. The van der Waals surface area contributed by atoms with Crippen LogP contribution in [0.1, 0.15) is 27.5 Å². The van der Waals surface area contributed by atoms with Gasteiger partial charge in [0.1, 0.15) is 0 Å². The van der Waals surface area contributed by atoms with Crippen LogP contribution in [0.25, 0.3) is 0 Å². The van der Waals surface area contributed by atoms with E-state index in [4.69, 9.17) is 10.5 Å². The number of nitrogen functional groups attached to an aromatic ring is 1. The van der Waals surface area contributed by atoms with Crippen LogP contribution in [0.4, 0.5) is 5.69 Å². The van der Waals surface area contributed by atoms with E-state index < -0.39 is 0 Å². The van der Waals surface area contributed by atoms with Gasteiger partial charge < -0.3 is 15.8 Å². The normalized spacial score (nSPS) is 16.4. The summed E-state index contributed by atoms with van der Waals surface area (Å²) in [5.74, 6) is -0.0908. The second kappa shape index (κ2) is 8.14. The summed E-state index contributed by atoms with van der Waals surface area (Å²) in [7, 11) is 0. The van der Waals surface area contributed by atoms with Gasteiger partial charge in [0.2, 0.25) is 0 Å². The van der Waals surface area contributed by atoms with Gasteiger partial charge in [-0.1, -0.05) is 36.4 Å². The maximum absolute atomic E-state index is 12.8. The average Bonchev–Trinajstić information content (AvgIpc) is 2.64. The van der Waals surface area contributed by atoms with Gasteiger partial charge in [-0.25, -0.2) is 0 Å². The summed E-state index contributed by atoms with van der Waals surface area (Å²) in [6, 6.07) is 15.4. The number of aryl methyl sites for hydroxylation is 1. The molecule has 132 valence electrons. The van der Waals surface area contributed by atoms with Crippen molar-refractivity contribution in [2.75, 3.05) is 38.6 Å². The second-order valence-corrected chi connectivity index (χ2v) is 6.42. The number of rotatable bonds is 5. The lowest BCUT2D eigenvalue weighted by atomic mass is 10.0. The van der Waals surface area contributed by atoms with Gasteiger partial charge in [-0.2, -0.15) is 0 Å². The fourth-order valence-electron chi connectivity index (χ4n) is 3.08. The van der Waals surface area contributed by atoms with Crippen LogP contribution < -0.4 is 11.1 Å². The quantitative estimate of drug-likeness (QED) is 0.821. The number of ether oxygens (including phenoxy) is 1.